The molecule has 0 aromatic carbocycles. The molecule has 2 aliphatic rings. The second-order valence-electron chi connectivity index (χ2n) is 8.73. The van der Waals surface area contributed by atoms with Crippen LogP contribution in [0, 0.1) is 5.92 Å². The van der Waals surface area contributed by atoms with Gasteiger partial charge in [-0.25, -0.2) is 18.0 Å². The number of fused-ring (bicyclic) bond motifs is 1. The maximum Gasteiger partial charge on any atom is 0.339 e. The normalized spacial score (nSPS) is 21.5. The molecule has 0 saturated heterocycles. The van der Waals surface area contributed by atoms with Gasteiger partial charge in [-0.2, -0.15) is 5.10 Å². The summed E-state index contributed by atoms with van der Waals surface area (Å²) in [6.07, 6.45) is -0.289. The zero-order chi connectivity index (χ0) is 24.9. The minimum atomic E-state index is -2.71. The van der Waals surface area contributed by atoms with E-state index in [0.717, 1.165) is 4.88 Å². The van der Waals surface area contributed by atoms with Gasteiger partial charge in [0.2, 0.25) is 11.9 Å². The van der Waals surface area contributed by atoms with E-state index in [4.69, 9.17) is 0 Å². The van der Waals surface area contributed by atoms with Crippen LogP contribution in [0.15, 0.2) is 12.4 Å². The molecule has 1 saturated carbocycles. The largest absolute Gasteiger partial charge is 0.478 e. The minimum Gasteiger partial charge on any atom is -0.478 e. The number of rotatable bonds is 7. The van der Waals surface area contributed by atoms with Gasteiger partial charge in [-0.1, -0.05) is 0 Å². The van der Waals surface area contributed by atoms with Gasteiger partial charge in [-0.3, -0.25) is 14.0 Å². The lowest BCUT2D eigenvalue weighted by Gasteiger charge is -2.28. The lowest BCUT2D eigenvalue weighted by molar-refractivity contribution is -0.124. The number of carboxylic acid groups (broad SMARTS) is 1. The van der Waals surface area contributed by atoms with E-state index in [1.165, 1.54) is 35.5 Å². The second kappa shape index (κ2) is 8.98. The first-order valence-corrected chi connectivity index (χ1v) is 11.8. The number of thiophene rings is 1. The predicted molar refractivity (Wildman–Crippen MR) is 120 cm³/mol. The maximum absolute atomic E-state index is 13.1. The highest BCUT2D eigenvalue weighted by atomic mass is 32.1. The number of anilines is 3. The molecule has 0 spiro atoms. The minimum absolute atomic E-state index is 0.0509. The summed E-state index contributed by atoms with van der Waals surface area (Å²) in [5.41, 5.74) is 0.312. The number of aryl methyl sites for hydroxylation is 2. The van der Waals surface area contributed by atoms with Gasteiger partial charge >= 0.3 is 5.97 Å². The van der Waals surface area contributed by atoms with Crippen molar-refractivity contribution in [2.45, 2.75) is 50.7 Å². The van der Waals surface area contributed by atoms with Crippen LogP contribution < -0.4 is 10.6 Å². The Balaban J connectivity index is 1.37. The first-order chi connectivity index (χ1) is 16.7. The van der Waals surface area contributed by atoms with Gasteiger partial charge in [0, 0.05) is 30.0 Å². The quantitative estimate of drug-likeness (QED) is 0.441. The zero-order valence-corrected chi connectivity index (χ0v) is 19.4. The van der Waals surface area contributed by atoms with E-state index in [0.29, 0.717) is 36.6 Å². The number of carbonyl (C=O) groups is 2. The average molecular weight is 510 g/mol. The second-order valence-corrected chi connectivity index (χ2v) is 9.84. The Morgan fingerprint density at radius 3 is 2.74 bits per heavy atom. The molecule has 0 radical (unpaired) electrons. The van der Waals surface area contributed by atoms with Crippen LogP contribution in [-0.2, 0) is 24.7 Å². The summed E-state index contributed by atoms with van der Waals surface area (Å²) in [5, 5.41) is 27.6. The Labute approximate surface area is 201 Å². The summed E-state index contributed by atoms with van der Waals surface area (Å²) in [4.78, 5) is 25.4. The summed E-state index contributed by atoms with van der Waals surface area (Å²) < 4.78 is 42.1. The van der Waals surface area contributed by atoms with Crippen LogP contribution in [0.4, 0.5) is 29.9 Å². The van der Waals surface area contributed by atoms with Crippen molar-refractivity contribution in [1.82, 2.24) is 24.5 Å². The van der Waals surface area contributed by atoms with Gasteiger partial charge in [0.25, 0.3) is 6.43 Å². The first-order valence-electron chi connectivity index (χ1n) is 11.0. The van der Waals surface area contributed by atoms with E-state index < -0.39 is 24.5 Å². The fraction of sp³-hybridized carbons (Fsp3) is 0.476. The Hall–Kier alpha value is -3.42. The van der Waals surface area contributed by atoms with E-state index in [1.807, 2.05) is 0 Å². The van der Waals surface area contributed by atoms with Gasteiger partial charge in [-0.05, 0) is 37.7 Å². The van der Waals surface area contributed by atoms with Crippen LogP contribution in [0.2, 0.25) is 0 Å². The molecule has 14 heteroatoms. The van der Waals surface area contributed by atoms with Crippen LogP contribution in [0.3, 0.4) is 0 Å². The zero-order valence-electron chi connectivity index (χ0n) is 18.5. The molecule has 3 aromatic heterocycles. The highest BCUT2D eigenvalue weighted by molar-refractivity contribution is 7.17. The number of nitrogens with zero attached hydrogens (tertiary/aromatic N) is 5. The van der Waals surface area contributed by atoms with Gasteiger partial charge in [0.1, 0.15) is 29.0 Å². The lowest BCUT2D eigenvalue weighted by atomic mass is 9.83. The van der Waals surface area contributed by atoms with E-state index in [9.17, 15) is 27.9 Å². The number of halogens is 3. The highest BCUT2D eigenvalue weighted by Gasteiger charge is 2.37. The van der Waals surface area contributed by atoms with Crippen LogP contribution in [0.5, 0.6) is 0 Å². The molecular formula is C21H22F3N7O3S. The smallest absolute Gasteiger partial charge is 0.339 e. The van der Waals surface area contributed by atoms with Gasteiger partial charge in [0.15, 0.2) is 0 Å². The monoisotopic (exact) mass is 509 g/mol. The molecule has 1 amide bonds. The molecule has 2 aliphatic carbocycles. The third kappa shape index (κ3) is 4.37. The highest BCUT2D eigenvalue weighted by Crippen LogP contribution is 2.42. The maximum atomic E-state index is 13.1. The Morgan fingerprint density at radius 2 is 2.09 bits per heavy atom. The molecule has 3 heterocycles. The van der Waals surface area contributed by atoms with Crippen molar-refractivity contribution in [3.63, 3.8) is 0 Å². The number of alkyl halides is 3. The molecule has 35 heavy (non-hydrogen) atoms. The van der Waals surface area contributed by atoms with Gasteiger partial charge in [0.05, 0.1) is 5.56 Å². The number of aromatic carboxylic acids is 1. The summed E-state index contributed by atoms with van der Waals surface area (Å²) >= 11 is 1.24. The summed E-state index contributed by atoms with van der Waals surface area (Å²) in [7, 11) is 1.53. The predicted octanol–water partition coefficient (Wildman–Crippen LogP) is 3.87. The lowest BCUT2D eigenvalue weighted by Crippen LogP contribution is -2.35. The molecule has 5 rings (SSSR count). The molecule has 3 N–H and O–H groups in total. The number of carbonyl (C=O) groups excluding carboxylic acids is 1. The van der Waals surface area contributed by atoms with Gasteiger partial charge in [-0.15, -0.1) is 21.5 Å². The molecule has 0 bridgehead atoms. The molecular weight excluding hydrogens is 487 g/mol. The van der Waals surface area contributed by atoms with Crippen molar-refractivity contribution < 1.29 is 27.9 Å². The van der Waals surface area contributed by atoms with Crippen molar-refractivity contribution in [2.24, 2.45) is 13.0 Å². The molecule has 1 atom stereocenters. The number of aromatic nitrogens is 5. The van der Waals surface area contributed by atoms with Crippen LogP contribution in [0.25, 0.3) is 0 Å². The SMILES string of the molecule is Cn1nc(C(F)F)cc1Nc1nncn1[C@H]1CCc2sc(NC(=O)[C@H]3C[C@H](F)C3)c(C(=O)O)c2C1. The van der Waals surface area contributed by atoms with Gasteiger partial charge < -0.3 is 15.7 Å². The van der Waals surface area contributed by atoms with E-state index in [-0.39, 0.29) is 41.0 Å². The standard InChI is InChI=1S/C21H22F3N7O3S/c1-30-15(7-13(29-30)17(23)24)26-21-28-25-8-31(21)11-2-3-14-12(6-11)16(20(33)34)19(35-14)27-18(32)9-4-10(22)5-9/h7-11,17H,2-6H2,1H3,(H,26,28)(H,27,32)(H,33,34)/t9-,10-,11-/m0/s1. The van der Waals surface area contributed by atoms with E-state index in [2.05, 4.69) is 25.9 Å². The molecule has 0 unspecified atom stereocenters. The van der Waals surface area contributed by atoms with Crippen LogP contribution in [0.1, 0.15) is 58.2 Å². The number of nitrogens with one attached hydrogen (secondary N) is 2. The van der Waals surface area contributed by atoms with Crippen molar-refractivity contribution in [3.05, 3.63) is 34.1 Å². The van der Waals surface area contributed by atoms with Crippen LogP contribution in [-0.4, -0.2) is 47.7 Å². The Bertz CT molecular complexity index is 1280. The number of amides is 1. The first kappa shape index (κ1) is 23.3. The Kier molecular flexibility index (Phi) is 5.99. The fourth-order valence-electron chi connectivity index (χ4n) is 4.52. The average Bonchev–Trinajstić information content (AvgIpc) is 3.48. The van der Waals surface area contributed by atoms with E-state index >= 15 is 0 Å². The molecule has 3 aromatic rings. The topological polar surface area (TPSA) is 127 Å². The fourth-order valence-corrected chi connectivity index (χ4v) is 5.76. The van der Waals surface area contributed by atoms with Crippen LogP contribution >= 0.6 is 11.3 Å². The third-order valence-corrected chi connectivity index (χ3v) is 7.67. The number of carboxylic acids is 1. The van der Waals surface area contributed by atoms with Crippen molar-refractivity contribution in [2.75, 3.05) is 10.6 Å². The molecule has 1 fully saturated rings. The third-order valence-electron chi connectivity index (χ3n) is 6.47. The van der Waals surface area contributed by atoms with E-state index in [1.54, 1.807) is 4.57 Å². The van der Waals surface area contributed by atoms with Crippen molar-refractivity contribution >= 4 is 40.0 Å². The number of hydrogen-bond acceptors (Lipinski definition) is 7. The summed E-state index contributed by atoms with van der Waals surface area (Å²) in [6, 6.07) is 1.03. The molecule has 10 nitrogen and oxygen atoms in total. The van der Waals surface area contributed by atoms with Crippen molar-refractivity contribution in [1.29, 1.82) is 0 Å². The summed E-state index contributed by atoms with van der Waals surface area (Å²) in [6.45, 7) is 0. The molecule has 186 valence electrons. The summed E-state index contributed by atoms with van der Waals surface area (Å²) in [5.74, 6) is -1.33. The molecule has 0 aliphatic heterocycles. The van der Waals surface area contributed by atoms with Crippen molar-refractivity contribution in [3.8, 4) is 0 Å². The Morgan fingerprint density at radius 1 is 1.31 bits per heavy atom. The number of hydrogen-bond donors (Lipinski definition) is 3.